The van der Waals surface area contributed by atoms with Crippen molar-refractivity contribution < 1.29 is 14.7 Å². The predicted molar refractivity (Wildman–Crippen MR) is 30.1 cm³/mol. The second-order valence-corrected chi connectivity index (χ2v) is 2.09. The fourth-order valence-corrected chi connectivity index (χ4v) is 0.279. The van der Waals surface area contributed by atoms with E-state index in [9.17, 15) is 4.79 Å². The van der Waals surface area contributed by atoms with Gasteiger partial charge in [0.25, 0.3) is 0 Å². The van der Waals surface area contributed by atoms with Crippen LogP contribution in [0, 0.1) is 0 Å². The molecule has 0 unspecified atom stereocenters. The first-order valence-corrected chi connectivity index (χ1v) is 2.37. The van der Waals surface area contributed by atoms with E-state index in [1.807, 2.05) is 5.32 Å². The molecular formula is C4H10N2O3. The van der Waals surface area contributed by atoms with E-state index in [2.05, 4.69) is 10.7 Å². The second kappa shape index (κ2) is 2.65. The number of carbonyl (C=O) groups excluding carboxylic acids is 1. The van der Waals surface area contributed by atoms with Gasteiger partial charge in [-0.3, -0.25) is 5.32 Å². The lowest BCUT2D eigenvalue weighted by Crippen LogP contribution is -2.44. The molecule has 0 fully saturated rings. The standard InChI is InChI=1S/C4H10N2O3/c1-4(2,8)6-3(7)9-5/h8H,5H2,1-2H3,(H,6,7). The van der Waals surface area contributed by atoms with Gasteiger partial charge in [0.05, 0.1) is 0 Å². The molecule has 0 aliphatic rings. The van der Waals surface area contributed by atoms with Crippen LogP contribution in [0.2, 0.25) is 0 Å². The van der Waals surface area contributed by atoms with E-state index in [1.54, 1.807) is 0 Å². The molecule has 0 radical (unpaired) electrons. The number of amides is 1. The van der Waals surface area contributed by atoms with Gasteiger partial charge in [0.15, 0.2) is 0 Å². The van der Waals surface area contributed by atoms with Gasteiger partial charge in [0.2, 0.25) is 0 Å². The van der Waals surface area contributed by atoms with Crippen molar-refractivity contribution >= 4 is 6.09 Å². The first-order chi connectivity index (χ1) is 3.95. The van der Waals surface area contributed by atoms with Gasteiger partial charge in [-0.2, -0.15) is 5.90 Å². The van der Waals surface area contributed by atoms with Gasteiger partial charge < -0.3 is 9.94 Å². The van der Waals surface area contributed by atoms with Crippen molar-refractivity contribution in [2.75, 3.05) is 0 Å². The van der Waals surface area contributed by atoms with Gasteiger partial charge >= 0.3 is 6.09 Å². The van der Waals surface area contributed by atoms with Crippen LogP contribution in [0.15, 0.2) is 0 Å². The lowest BCUT2D eigenvalue weighted by Gasteiger charge is -2.16. The Kier molecular flexibility index (Phi) is 2.41. The van der Waals surface area contributed by atoms with E-state index in [0.717, 1.165) is 0 Å². The summed E-state index contributed by atoms with van der Waals surface area (Å²) < 4.78 is 0. The van der Waals surface area contributed by atoms with Crippen molar-refractivity contribution in [1.29, 1.82) is 0 Å². The van der Waals surface area contributed by atoms with E-state index < -0.39 is 11.8 Å². The van der Waals surface area contributed by atoms with Crippen molar-refractivity contribution in [1.82, 2.24) is 5.32 Å². The van der Waals surface area contributed by atoms with E-state index in [0.29, 0.717) is 0 Å². The third kappa shape index (κ3) is 5.05. The maximum atomic E-state index is 10.2. The van der Waals surface area contributed by atoms with E-state index in [1.165, 1.54) is 13.8 Å². The highest BCUT2D eigenvalue weighted by molar-refractivity contribution is 5.67. The van der Waals surface area contributed by atoms with Crippen molar-refractivity contribution in [3.05, 3.63) is 0 Å². The maximum Gasteiger partial charge on any atom is 0.428 e. The highest BCUT2D eigenvalue weighted by Crippen LogP contribution is 1.92. The maximum absolute atomic E-state index is 10.2. The quantitative estimate of drug-likeness (QED) is 0.327. The van der Waals surface area contributed by atoms with Crippen molar-refractivity contribution in [2.24, 2.45) is 5.90 Å². The summed E-state index contributed by atoms with van der Waals surface area (Å²) >= 11 is 0. The Bertz CT molecular complexity index is 107. The molecule has 0 bridgehead atoms. The van der Waals surface area contributed by atoms with Crippen LogP contribution in [0.25, 0.3) is 0 Å². The topological polar surface area (TPSA) is 84.6 Å². The molecule has 5 heteroatoms. The normalized spacial score (nSPS) is 10.7. The van der Waals surface area contributed by atoms with Crippen LogP contribution >= 0.6 is 0 Å². The van der Waals surface area contributed by atoms with Crippen LogP contribution in [0.5, 0.6) is 0 Å². The fraction of sp³-hybridized carbons (Fsp3) is 0.750. The summed E-state index contributed by atoms with van der Waals surface area (Å²) in [5, 5.41) is 10.9. The lowest BCUT2D eigenvalue weighted by molar-refractivity contribution is 0.0362. The van der Waals surface area contributed by atoms with Crippen LogP contribution in [0.1, 0.15) is 13.8 Å². The third-order valence-corrected chi connectivity index (χ3v) is 0.515. The molecule has 1 amide bonds. The molecule has 0 saturated carbocycles. The number of aliphatic hydroxyl groups is 1. The minimum Gasteiger partial charge on any atom is -0.371 e. The minimum atomic E-state index is -1.28. The minimum absolute atomic E-state index is 0.859. The molecule has 54 valence electrons. The van der Waals surface area contributed by atoms with Crippen molar-refractivity contribution in [2.45, 2.75) is 19.6 Å². The van der Waals surface area contributed by atoms with Crippen LogP contribution in [-0.4, -0.2) is 16.9 Å². The van der Waals surface area contributed by atoms with Gasteiger partial charge in [0, 0.05) is 0 Å². The molecule has 0 aromatic carbocycles. The molecule has 5 nitrogen and oxygen atoms in total. The largest absolute Gasteiger partial charge is 0.428 e. The Morgan fingerprint density at radius 3 is 2.33 bits per heavy atom. The fourth-order valence-electron chi connectivity index (χ4n) is 0.279. The summed E-state index contributed by atoms with van der Waals surface area (Å²) in [5.74, 6) is 4.46. The molecule has 0 saturated heterocycles. The third-order valence-electron chi connectivity index (χ3n) is 0.515. The summed E-state index contributed by atoms with van der Waals surface area (Å²) in [6.07, 6.45) is -0.859. The molecule has 0 aliphatic carbocycles. The number of nitrogens with two attached hydrogens (primary N) is 1. The Hall–Kier alpha value is -0.810. The van der Waals surface area contributed by atoms with Crippen molar-refractivity contribution in [3.8, 4) is 0 Å². The van der Waals surface area contributed by atoms with Crippen molar-refractivity contribution in [3.63, 3.8) is 0 Å². The van der Waals surface area contributed by atoms with Crippen LogP contribution in [0.4, 0.5) is 4.79 Å². The summed E-state index contributed by atoms with van der Waals surface area (Å²) in [6, 6.07) is 0. The van der Waals surface area contributed by atoms with E-state index >= 15 is 0 Å². The monoisotopic (exact) mass is 134 g/mol. The number of rotatable bonds is 1. The lowest BCUT2D eigenvalue weighted by atomic mass is 10.3. The van der Waals surface area contributed by atoms with Crippen LogP contribution in [0.3, 0.4) is 0 Å². The molecule has 0 heterocycles. The smallest absolute Gasteiger partial charge is 0.371 e. The molecule has 0 spiro atoms. The highest BCUT2D eigenvalue weighted by atomic mass is 16.7. The number of hydrogen-bond donors (Lipinski definition) is 3. The highest BCUT2D eigenvalue weighted by Gasteiger charge is 2.15. The summed E-state index contributed by atoms with van der Waals surface area (Å²) in [6.45, 7) is 2.79. The number of hydrogen-bond acceptors (Lipinski definition) is 4. The zero-order valence-electron chi connectivity index (χ0n) is 5.34. The van der Waals surface area contributed by atoms with Gasteiger partial charge in [-0.1, -0.05) is 0 Å². The summed E-state index contributed by atoms with van der Waals surface area (Å²) in [4.78, 5) is 13.9. The summed E-state index contributed by atoms with van der Waals surface area (Å²) in [5.41, 5.74) is -1.28. The molecule has 0 atom stereocenters. The number of nitrogens with one attached hydrogen (secondary N) is 1. The number of carbonyl (C=O) groups is 1. The first kappa shape index (κ1) is 8.19. The van der Waals surface area contributed by atoms with Gasteiger partial charge in [-0.05, 0) is 13.8 Å². The Morgan fingerprint density at radius 2 is 2.22 bits per heavy atom. The molecule has 0 aromatic heterocycles. The SMILES string of the molecule is CC(C)(O)NC(=O)ON. The predicted octanol–water partition coefficient (Wildman–Crippen LogP) is -0.685. The van der Waals surface area contributed by atoms with E-state index in [4.69, 9.17) is 5.11 Å². The van der Waals surface area contributed by atoms with Crippen LogP contribution in [-0.2, 0) is 4.84 Å². The Balaban J connectivity index is 3.60. The van der Waals surface area contributed by atoms with E-state index in [-0.39, 0.29) is 0 Å². The molecule has 0 aliphatic heterocycles. The molecular weight excluding hydrogens is 124 g/mol. The van der Waals surface area contributed by atoms with Gasteiger partial charge in [-0.25, -0.2) is 4.79 Å². The zero-order chi connectivity index (χ0) is 7.49. The van der Waals surface area contributed by atoms with Gasteiger partial charge in [0.1, 0.15) is 5.72 Å². The average Bonchev–Trinajstić information content (AvgIpc) is 1.62. The second-order valence-electron chi connectivity index (χ2n) is 2.09. The Morgan fingerprint density at radius 1 is 1.78 bits per heavy atom. The average molecular weight is 134 g/mol. The first-order valence-electron chi connectivity index (χ1n) is 2.37. The molecule has 9 heavy (non-hydrogen) atoms. The molecule has 0 rings (SSSR count). The summed E-state index contributed by atoms with van der Waals surface area (Å²) in [7, 11) is 0. The van der Waals surface area contributed by atoms with Gasteiger partial charge in [-0.15, -0.1) is 0 Å². The Labute approximate surface area is 52.7 Å². The van der Waals surface area contributed by atoms with Crippen LogP contribution < -0.4 is 11.2 Å². The molecule has 4 N–H and O–H groups in total. The molecule has 0 aromatic rings. The zero-order valence-corrected chi connectivity index (χ0v) is 5.34.